The molecule has 0 bridgehead atoms. The van der Waals surface area contributed by atoms with Crippen molar-refractivity contribution in [3.63, 3.8) is 0 Å². The molecule has 0 spiro atoms. The molecule has 1 fully saturated rings. The van der Waals surface area contributed by atoms with Crippen LogP contribution in [0.5, 0.6) is 0 Å². The average molecular weight is 420 g/mol. The molecule has 1 N–H and O–H groups in total. The minimum atomic E-state index is -0.372. The second-order valence-electron chi connectivity index (χ2n) is 7.76. The summed E-state index contributed by atoms with van der Waals surface area (Å²) in [5.74, 6) is -0.775. The lowest BCUT2D eigenvalue weighted by Gasteiger charge is -2.32. The van der Waals surface area contributed by atoms with Gasteiger partial charge in [0.05, 0.1) is 11.6 Å². The molecule has 2 amide bonds. The predicted octanol–water partition coefficient (Wildman–Crippen LogP) is 3.22. The van der Waals surface area contributed by atoms with Crippen LogP contribution in [-0.2, 0) is 11.2 Å². The van der Waals surface area contributed by atoms with Crippen molar-refractivity contribution in [3.05, 3.63) is 83.9 Å². The van der Waals surface area contributed by atoms with E-state index in [1.54, 1.807) is 15.8 Å². The van der Waals surface area contributed by atoms with Gasteiger partial charge in [-0.05, 0) is 67.3 Å². The normalized spacial score (nSPS) is 16.2. The van der Waals surface area contributed by atoms with Gasteiger partial charge in [0.25, 0.3) is 5.91 Å². The number of carbonyl (C=O) groups is 2. The van der Waals surface area contributed by atoms with E-state index in [0.717, 1.165) is 30.5 Å². The molecule has 2 aromatic carbocycles. The number of aromatic nitrogens is 2. The summed E-state index contributed by atoms with van der Waals surface area (Å²) in [4.78, 5) is 27.0. The van der Waals surface area contributed by atoms with E-state index >= 15 is 0 Å². The van der Waals surface area contributed by atoms with E-state index < -0.39 is 0 Å². The minimum Gasteiger partial charge on any atom is -0.355 e. The van der Waals surface area contributed by atoms with Gasteiger partial charge >= 0.3 is 0 Å². The molecule has 4 rings (SSSR count). The highest BCUT2D eigenvalue weighted by molar-refractivity contribution is 5.94. The maximum Gasteiger partial charge on any atom is 0.253 e. The molecule has 1 aromatic heterocycles. The quantitative estimate of drug-likeness (QED) is 0.666. The van der Waals surface area contributed by atoms with Crippen molar-refractivity contribution < 1.29 is 14.0 Å². The third-order valence-electron chi connectivity index (χ3n) is 5.59. The number of hydrogen-bond acceptors (Lipinski definition) is 3. The SMILES string of the molecule is O=C(NCCc1ccc(-n2cccn2)cc1)C1CCCN(C(=O)c2ccc(F)cc2)C1. The van der Waals surface area contributed by atoms with Crippen LogP contribution in [0.3, 0.4) is 0 Å². The topological polar surface area (TPSA) is 67.2 Å². The van der Waals surface area contributed by atoms with Gasteiger partial charge in [-0.2, -0.15) is 5.10 Å². The first-order valence-electron chi connectivity index (χ1n) is 10.5. The zero-order valence-corrected chi connectivity index (χ0v) is 17.2. The lowest BCUT2D eigenvalue weighted by Crippen LogP contribution is -2.45. The number of benzene rings is 2. The van der Waals surface area contributed by atoms with Gasteiger partial charge in [-0.15, -0.1) is 0 Å². The molecule has 1 aliphatic rings. The lowest BCUT2D eigenvalue weighted by molar-refractivity contribution is -0.126. The summed E-state index contributed by atoms with van der Waals surface area (Å²) < 4.78 is 14.9. The highest BCUT2D eigenvalue weighted by Crippen LogP contribution is 2.19. The van der Waals surface area contributed by atoms with Crippen LogP contribution in [0.1, 0.15) is 28.8 Å². The van der Waals surface area contributed by atoms with Crippen molar-refractivity contribution in [2.45, 2.75) is 19.3 Å². The number of rotatable bonds is 6. The first-order chi connectivity index (χ1) is 15.1. The highest BCUT2D eigenvalue weighted by Gasteiger charge is 2.28. The summed E-state index contributed by atoms with van der Waals surface area (Å²) >= 11 is 0. The molecule has 31 heavy (non-hydrogen) atoms. The second kappa shape index (κ2) is 9.55. The van der Waals surface area contributed by atoms with Crippen LogP contribution >= 0.6 is 0 Å². The number of carbonyl (C=O) groups excluding carboxylic acids is 2. The molecule has 7 heteroatoms. The molecule has 0 aliphatic carbocycles. The van der Waals surface area contributed by atoms with Gasteiger partial charge in [-0.1, -0.05) is 12.1 Å². The standard InChI is InChI=1S/C24H25FN4O2/c25-21-8-6-19(7-9-21)24(31)28-15-1-3-20(17-28)23(30)26-14-12-18-4-10-22(11-5-18)29-16-2-13-27-29/h2,4-11,13,16,20H,1,3,12,14-15,17H2,(H,26,30). The Bertz CT molecular complexity index is 1020. The van der Waals surface area contributed by atoms with Crippen molar-refractivity contribution in [1.29, 1.82) is 0 Å². The molecule has 1 saturated heterocycles. The summed E-state index contributed by atoms with van der Waals surface area (Å²) in [5.41, 5.74) is 2.57. The fourth-order valence-corrected chi connectivity index (χ4v) is 3.86. The monoisotopic (exact) mass is 420 g/mol. The Hall–Kier alpha value is -3.48. The van der Waals surface area contributed by atoms with E-state index in [1.165, 1.54) is 24.3 Å². The largest absolute Gasteiger partial charge is 0.355 e. The number of likely N-dealkylation sites (tertiary alicyclic amines) is 1. The number of hydrogen-bond donors (Lipinski definition) is 1. The molecule has 2 heterocycles. The fraction of sp³-hybridized carbons (Fsp3) is 0.292. The summed E-state index contributed by atoms with van der Waals surface area (Å²) in [7, 11) is 0. The van der Waals surface area contributed by atoms with Crippen molar-refractivity contribution in [2.24, 2.45) is 5.92 Å². The van der Waals surface area contributed by atoms with Gasteiger partial charge in [0.2, 0.25) is 5.91 Å². The molecule has 1 unspecified atom stereocenters. The van der Waals surface area contributed by atoms with Gasteiger partial charge in [0.1, 0.15) is 5.82 Å². The van der Waals surface area contributed by atoms with Crippen LogP contribution in [0.15, 0.2) is 67.0 Å². The van der Waals surface area contributed by atoms with E-state index in [2.05, 4.69) is 10.4 Å². The molecule has 1 aliphatic heterocycles. The second-order valence-corrected chi connectivity index (χ2v) is 7.76. The van der Waals surface area contributed by atoms with Crippen LogP contribution in [0.2, 0.25) is 0 Å². The van der Waals surface area contributed by atoms with Crippen LogP contribution in [0.25, 0.3) is 5.69 Å². The summed E-state index contributed by atoms with van der Waals surface area (Å²) in [6.07, 6.45) is 5.90. The van der Waals surface area contributed by atoms with E-state index in [0.29, 0.717) is 25.2 Å². The average Bonchev–Trinajstić information content (AvgIpc) is 3.35. The van der Waals surface area contributed by atoms with Crippen molar-refractivity contribution in [1.82, 2.24) is 20.0 Å². The summed E-state index contributed by atoms with van der Waals surface area (Å²) in [5, 5.41) is 7.22. The van der Waals surface area contributed by atoms with E-state index in [-0.39, 0.29) is 23.5 Å². The highest BCUT2D eigenvalue weighted by atomic mass is 19.1. The lowest BCUT2D eigenvalue weighted by atomic mass is 9.96. The van der Waals surface area contributed by atoms with Crippen molar-refractivity contribution in [2.75, 3.05) is 19.6 Å². The van der Waals surface area contributed by atoms with E-state index in [9.17, 15) is 14.0 Å². The Labute approximate surface area is 180 Å². The first-order valence-corrected chi connectivity index (χ1v) is 10.5. The molecular formula is C24H25FN4O2. The molecule has 3 aromatic rings. The van der Waals surface area contributed by atoms with E-state index in [4.69, 9.17) is 0 Å². The molecular weight excluding hydrogens is 395 g/mol. The Morgan fingerprint density at radius 2 is 1.87 bits per heavy atom. The van der Waals surface area contributed by atoms with Crippen molar-refractivity contribution in [3.8, 4) is 5.69 Å². The first kappa shape index (κ1) is 20.8. The predicted molar refractivity (Wildman–Crippen MR) is 115 cm³/mol. The Kier molecular flexibility index (Phi) is 6.40. The third kappa shape index (κ3) is 5.17. The molecule has 160 valence electrons. The van der Waals surface area contributed by atoms with Crippen molar-refractivity contribution >= 4 is 11.8 Å². The Morgan fingerprint density at radius 3 is 2.58 bits per heavy atom. The van der Waals surface area contributed by atoms with E-state index in [1.807, 2.05) is 36.5 Å². The van der Waals surface area contributed by atoms with Crippen LogP contribution in [0, 0.1) is 11.7 Å². The Morgan fingerprint density at radius 1 is 1.10 bits per heavy atom. The smallest absolute Gasteiger partial charge is 0.253 e. The van der Waals surface area contributed by atoms with Gasteiger partial charge in [0.15, 0.2) is 0 Å². The van der Waals surface area contributed by atoms with Crippen LogP contribution in [-0.4, -0.2) is 46.1 Å². The summed E-state index contributed by atoms with van der Waals surface area (Å²) in [6, 6.07) is 15.5. The maximum atomic E-state index is 13.1. The van der Waals surface area contributed by atoms with Gasteiger partial charge in [0, 0.05) is 37.6 Å². The molecule has 6 nitrogen and oxygen atoms in total. The van der Waals surface area contributed by atoms with Gasteiger partial charge in [-0.3, -0.25) is 9.59 Å². The summed E-state index contributed by atoms with van der Waals surface area (Å²) in [6.45, 7) is 1.55. The number of piperidine rings is 1. The zero-order valence-electron chi connectivity index (χ0n) is 17.2. The molecule has 0 radical (unpaired) electrons. The molecule has 0 saturated carbocycles. The minimum absolute atomic E-state index is 0.0234. The van der Waals surface area contributed by atoms with Crippen LogP contribution in [0.4, 0.5) is 4.39 Å². The van der Waals surface area contributed by atoms with Gasteiger partial charge < -0.3 is 10.2 Å². The van der Waals surface area contributed by atoms with Crippen LogP contribution < -0.4 is 5.32 Å². The zero-order chi connectivity index (χ0) is 21.6. The molecule has 1 atom stereocenters. The maximum absolute atomic E-state index is 13.1. The van der Waals surface area contributed by atoms with Gasteiger partial charge in [-0.25, -0.2) is 9.07 Å². The Balaban J connectivity index is 1.26. The third-order valence-corrected chi connectivity index (χ3v) is 5.59. The number of amides is 2. The number of nitrogens with one attached hydrogen (secondary N) is 1. The fourth-order valence-electron chi connectivity index (χ4n) is 3.86. The number of halogens is 1. The number of nitrogens with zero attached hydrogens (tertiary/aromatic N) is 3.